The highest BCUT2D eigenvalue weighted by atomic mass is 14.9. The Bertz CT molecular complexity index is 1490. The lowest BCUT2D eigenvalue weighted by Gasteiger charge is -2.21. The summed E-state index contributed by atoms with van der Waals surface area (Å²) in [7, 11) is 0. The van der Waals surface area contributed by atoms with E-state index in [2.05, 4.69) is 140 Å². The van der Waals surface area contributed by atoms with E-state index in [4.69, 9.17) is 0 Å². The normalized spacial score (nSPS) is 13.2. The van der Waals surface area contributed by atoms with Crippen LogP contribution < -0.4 is 5.32 Å². The zero-order valence-electron chi connectivity index (χ0n) is 19.5. The molecule has 1 aliphatic carbocycles. The van der Waals surface area contributed by atoms with Crippen LogP contribution in [-0.2, 0) is 5.41 Å². The van der Waals surface area contributed by atoms with E-state index in [0.717, 1.165) is 11.4 Å². The molecule has 0 saturated heterocycles. The van der Waals surface area contributed by atoms with Crippen molar-refractivity contribution in [2.75, 3.05) is 5.32 Å². The van der Waals surface area contributed by atoms with E-state index in [1.165, 1.54) is 44.5 Å². The summed E-state index contributed by atoms with van der Waals surface area (Å²) < 4.78 is 0. The first kappa shape index (κ1) is 20.5. The highest BCUT2D eigenvalue weighted by molar-refractivity contribution is 5.91. The van der Waals surface area contributed by atoms with Crippen molar-refractivity contribution in [2.24, 2.45) is 0 Å². The van der Waals surface area contributed by atoms with Crippen LogP contribution in [-0.4, -0.2) is 0 Å². The van der Waals surface area contributed by atoms with Crippen LogP contribution in [0, 0.1) is 0 Å². The summed E-state index contributed by atoms with van der Waals surface area (Å²) in [6, 6.07) is 43.5. The second-order valence-electron chi connectivity index (χ2n) is 9.51. The number of para-hydroxylation sites is 1. The summed E-state index contributed by atoms with van der Waals surface area (Å²) in [4.78, 5) is 0. The second-order valence-corrected chi connectivity index (χ2v) is 9.51. The van der Waals surface area contributed by atoms with E-state index in [-0.39, 0.29) is 5.41 Å². The van der Waals surface area contributed by atoms with Crippen LogP contribution in [0.2, 0.25) is 0 Å². The summed E-state index contributed by atoms with van der Waals surface area (Å²) in [6.07, 6.45) is 0. The van der Waals surface area contributed by atoms with Gasteiger partial charge in [0.15, 0.2) is 0 Å². The Hall–Kier alpha value is -4.10. The Labute approximate surface area is 201 Å². The van der Waals surface area contributed by atoms with Crippen molar-refractivity contribution < 1.29 is 0 Å². The van der Waals surface area contributed by atoms with Crippen LogP contribution in [0.3, 0.4) is 0 Å². The zero-order valence-corrected chi connectivity index (χ0v) is 19.5. The lowest BCUT2D eigenvalue weighted by atomic mass is 9.82. The molecule has 0 heterocycles. The van der Waals surface area contributed by atoms with Crippen molar-refractivity contribution in [3.8, 4) is 33.4 Å². The molecule has 0 amide bonds. The molecule has 0 atom stereocenters. The maximum absolute atomic E-state index is 3.74. The standard InChI is InChI=1S/C33H27N/c1-33(2)30-18-10-8-16-27(30)29-22-24(20-21-31(29)33)34-32-19-11-9-17-28(32)26-15-7-6-14-25(26)23-12-4-3-5-13-23/h3-22,34H,1-2H3. The number of benzene rings is 5. The molecule has 0 spiro atoms. The van der Waals surface area contributed by atoms with Gasteiger partial charge in [0.25, 0.3) is 0 Å². The van der Waals surface area contributed by atoms with Crippen molar-refractivity contribution in [3.05, 3.63) is 132 Å². The van der Waals surface area contributed by atoms with E-state index in [1.807, 2.05) is 0 Å². The molecule has 0 fully saturated rings. The number of rotatable bonds is 4. The fraction of sp³-hybridized carbons (Fsp3) is 0.0909. The number of hydrogen-bond donors (Lipinski definition) is 1. The molecule has 1 nitrogen and oxygen atoms in total. The van der Waals surface area contributed by atoms with Crippen LogP contribution in [0.15, 0.2) is 121 Å². The quantitative estimate of drug-likeness (QED) is 0.296. The average Bonchev–Trinajstić information content (AvgIpc) is 3.11. The molecule has 34 heavy (non-hydrogen) atoms. The molecule has 0 saturated carbocycles. The van der Waals surface area contributed by atoms with Gasteiger partial charge in [-0.1, -0.05) is 117 Å². The maximum Gasteiger partial charge on any atom is 0.0464 e. The van der Waals surface area contributed by atoms with E-state index in [1.54, 1.807) is 0 Å². The van der Waals surface area contributed by atoms with Crippen molar-refractivity contribution in [1.29, 1.82) is 0 Å². The lowest BCUT2D eigenvalue weighted by molar-refractivity contribution is 0.660. The molecule has 6 rings (SSSR count). The predicted molar refractivity (Wildman–Crippen MR) is 145 cm³/mol. The van der Waals surface area contributed by atoms with E-state index >= 15 is 0 Å². The van der Waals surface area contributed by atoms with Crippen LogP contribution in [0.1, 0.15) is 25.0 Å². The highest BCUT2D eigenvalue weighted by Crippen LogP contribution is 2.49. The van der Waals surface area contributed by atoms with Gasteiger partial charge in [-0.2, -0.15) is 0 Å². The first-order valence-corrected chi connectivity index (χ1v) is 11.9. The van der Waals surface area contributed by atoms with Crippen molar-refractivity contribution >= 4 is 11.4 Å². The van der Waals surface area contributed by atoms with E-state index < -0.39 is 0 Å². The van der Waals surface area contributed by atoms with Crippen LogP contribution in [0.4, 0.5) is 11.4 Å². The molecule has 1 heteroatoms. The smallest absolute Gasteiger partial charge is 0.0464 e. The SMILES string of the molecule is CC1(C)c2ccccc2-c2cc(Nc3ccccc3-c3ccccc3-c3ccccc3)ccc21. The minimum absolute atomic E-state index is 0.0248. The molecule has 0 aromatic heterocycles. The van der Waals surface area contributed by atoms with Gasteiger partial charge in [0.05, 0.1) is 0 Å². The fourth-order valence-corrected chi connectivity index (χ4v) is 5.37. The number of nitrogens with one attached hydrogen (secondary N) is 1. The zero-order chi connectivity index (χ0) is 23.1. The van der Waals surface area contributed by atoms with E-state index in [9.17, 15) is 0 Å². The first-order valence-electron chi connectivity index (χ1n) is 11.9. The van der Waals surface area contributed by atoms with E-state index in [0.29, 0.717) is 0 Å². The minimum Gasteiger partial charge on any atom is -0.355 e. The van der Waals surface area contributed by atoms with Crippen LogP contribution >= 0.6 is 0 Å². The first-order chi connectivity index (χ1) is 16.6. The Morgan fingerprint density at radius 3 is 1.85 bits per heavy atom. The van der Waals surface area contributed by atoms with Crippen molar-refractivity contribution in [1.82, 2.24) is 0 Å². The van der Waals surface area contributed by atoms with Crippen molar-refractivity contribution in [3.63, 3.8) is 0 Å². The summed E-state index contributed by atoms with van der Waals surface area (Å²) in [5.41, 5.74) is 12.6. The minimum atomic E-state index is 0.0248. The summed E-state index contributed by atoms with van der Waals surface area (Å²) in [5.74, 6) is 0. The Morgan fingerprint density at radius 2 is 1.06 bits per heavy atom. The summed E-state index contributed by atoms with van der Waals surface area (Å²) >= 11 is 0. The summed E-state index contributed by atoms with van der Waals surface area (Å²) in [6.45, 7) is 4.64. The van der Waals surface area contributed by atoms with Gasteiger partial charge < -0.3 is 5.32 Å². The van der Waals surface area contributed by atoms with Gasteiger partial charge in [-0.05, 0) is 57.1 Å². The molecular formula is C33H27N. The third-order valence-corrected chi connectivity index (χ3v) is 7.09. The van der Waals surface area contributed by atoms with Gasteiger partial charge >= 0.3 is 0 Å². The Morgan fingerprint density at radius 1 is 0.471 bits per heavy atom. The number of fused-ring (bicyclic) bond motifs is 3. The molecule has 0 bridgehead atoms. The monoisotopic (exact) mass is 437 g/mol. The maximum atomic E-state index is 3.74. The third kappa shape index (κ3) is 3.33. The molecule has 0 radical (unpaired) electrons. The van der Waals surface area contributed by atoms with Gasteiger partial charge in [-0.3, -0.25) is 0 Å². The molecule has 1 N–H and O–H groups in total. The average molecular weight is 438 g/mol. The summed E-state index contributed by atoms with van der Waals surface area (Å²) in [5, 5.41) is 3.74. The molecule has 164 valence electrons. The van der Waals surface area contributed by atoms with Gasteiger partial charge in [0.2, 0.25) is 0 Å². The fourth-order valence-electron chi connectivity index (χ4n) is 5.37. The second kappa shape index (κ2) is 8.04. The Balaban J connectivity index is 1.43. The highest BCUT2D eigenvalue weighted by Gasteiger charge is 2.35. The van der Waals surface area contributed by atoms with Crippen molar-refractivity contribution in [2.45, 2.75) is 19.3 Å². The topological polar surface area (TPSA) is 12.0 Å². The van der Waals surface area contributed by atoms with Gasteiger partial charge in [-0.15, -0.1) is 0 Å². The van der Waals surface area contributed by atoms with Crippen LogP contribution in [0.5, 0.6) is 0 Å². The molecule has 0 aliphatic heterocycles. The van der Waals surface area contributed by atoms with Gasteiger partial charge in [0.1, 0.15) is 0 Å². The van der Waals surface area contributed by atoms with Gasteiger partial charge in [0, 0.05) is 22.4 Å². The number of hydrogen-bond acceptors (Lipinski definition) is 1. The van der Waals surface area contributed by atoms with Gasteiger partial charge in [-0.25, -0.2) is 0 Å². The predicted octanol–water partition coefficient (Wildman–Crippen LogP) is 9.07. The molecule has 5 aromatic rings. The molecule has 5 aromatic carbocycles. The lowest BCUT2D eigenvalue weighted by Crippen LogP contribution is -2.14. The molecular weight excluding hydrogens is 410 g/mol. The molecule has 1 aliphatic rings. The Kier molecular flexibility index (Phi) is 4.85. The molecule has 0 unspecified atom stereocenters. The largest absolute Gasteiger partial charge is 0.355 e. The third-order valence-electron chi connectivity index (χ3n) is 7.09. The number of anilines is 2. The van der Waals surface area contributed by atoms with Crippen LogP contribution in [0.25, 0.3) is 33.4 Å².